The number of benzene rings is 1. The summed E-state index contributed by atoms with van der Waals surface area (Å²) in [5.74, 6) is -0.349. The molecule has 1 aliphatic heterocycles. The highest BCUT2D eigenvalue weighted by Gasteiger charge is 2.27. The van der Waals surface area contributed by atoms with Crippen molar-refractivity contribution < 1.29 is 4.39 Å². The van der Waals surface area contributed by atoms with Crippen molar-refractivity contribution in [3.63, 3.8) is 0 Å². The predicted octanol–water partition coefficient (Wildman–Crippen LogP) is 1.20. The average Bonchev–Trinajstić information content (AvgIpc) is 2.68. The monoisotopic (exact) mass is 218 g/mol. The van der Waals surface area contributed by atoms with E-state index in [1.807, 2.05) is 0 Å². The molecule has 0 spiro atoms. The van der Waals surface area contributed by atoms with Crippen LogP contribution in [0.4, 0.5) is 4.39 Å². The number of hydrogen-bond donors (Lipinski definition) is 1. The summed E-state index contributed by atoms with van der Waals surface area (Å²) < 4.78 is 15.4. The summed E-state index contributed by atoms with van der Waals surface area (Å²) in [5.41, 5.74) is 6.84. The summed E-state index contributed by atoms with van der Waals surface area (Å²) >= 11 is 0. The van der Waals surface area contributed by atoms with Crippen molar-refractivity contribution in [3.8, 4) is 0 Å². The van der Waals surface area contributed by atoms with Gasteiger partial charge in [0.2, 0.25) is 0 Å². The Balaban J connectivity index is 2.49. The predicted molar refractivity (Wildman–Crippen MR) is 60.0 cm³/mol. The van der Waals surface area contributed by atoms with E-state index >= 15 is 0 Å². The molecule has 2 heterocycles. The third kappa shape index (κ3) is 1.08. The third-order valence-electron chi connectivity index (χ3n) is 3.23. The van der Waals surface area contributed by atoms with Gasteiger partial charge in [0.15, 0.2) is 0 Å². The number of rotatable bonds is 1. The van der Waals surface area contributed by atoms with Crippen molar-refractivity contribution in [1.29, 1.82) is 0 Å². The number of nitrogens with two attached hydrogens (primary N) is 1. The third-order valence-corrected chi connectivity index (χ3v) is 3.23. The topological polar surface area (TPSA) is 48.0 Å². The summed E-state index contributed by atoms with van der Waals surface area (Å²) in [4.78, 5) is 11.7. The summed E-state index contributed by atoms with van der Waals surface area (Å²) in [6.45, 7) is 0.847. The zero-order valence-corrected chi connectivity index (χ0v) is 8.61. The van der Waals surface area contributed by atoms with Gasteiger partial charge >= 0.3 is 0 Å². The van der Waals surface area contributed by atoms with Crippen LogP contribution in [0.5, 0.6) is 0 Å². The van der Waals surface area contributed by atoms with Gasteiger partial charge in [-0.25, -0.2) is 4.39 Å². The van der Waals surface area contributed by atoms with E-state index in [1.165, 1.54) is 12.1 Å². The quantitative estimate of drug-likeness (QED) is 0.781. The van der Waals surface area contributed by atoms with Crippen molar-refractivity contribution in [2.24, 2.45) is 5.73 Å². The van der Waals surface area contributed by atoms with Crippen LogP contribution in [0, 0.1) is 5.82 Å². The number of aromatic nitrogens is 1. The Kier molecular flexibility index (Phi) is 1.88. The fraction of sp³-hybridized carbons (Fsp3) is 0.250. The van der Waals surface area contributed by atoms with Gasteiger partial charge in [-0.3, -0.25) is 4.79 Å². The maximum atomic E-state index is 13.8. The molecule has 0 aliphatic carbocycles. The molecule has 2 N–H and O–H groups in total. The van der Waals surface area contributed by atoms with Crippen LogP contribution in [0.3, 0.4) is 0 Å². The lowest BCUT2D eigenvalue weighted by molar-refractivity contribution is 0.562. The van der Waals surface area contributed by atoms with Gasteiger partial charge in [0.05, 0.1) is 5.52 Å². The number of halogens is 1. The first-order valence-corrected chi connectivity index (χ1v) is 5.24. The second-order valence-corrected chi connectivity index (χ2v) is 4.11. The molecule has 82 valence electrons. The molecule has 1 aromatic carbocycles. The van der Waals surface area contributed by atoms with Crippen LogP contribution in [0.25, 0.3) is 10.9 Å². The fourth-order valence-corrected chi connectivity index (χ4v) is 2.47. The van der Waals surface area contributed by atoms with Gasteiger partial charge < -0.3 is 10.3 Å². The number of hydrogen-bond acceptors (Lipinski definition) is 2. The minimum atomic E-state index is -0.264. The van der Waals surface area contributed by atoms with Crippen molar-refractivity contribution in [2.45, 2.75) is 12.5 Å². The summed E-state index contributed by atoms with van der Waals surface area (Å²) in [7, 11) is 0. The molecule has 2 aromatic rings. The SMILES string of the molecule is NC[C@@H]1Cn2c(=O)ccc3ccc(F)c1c32. The van der Waals surface area contributed by atoms with Crippen LogP contribution in [-0.4, -0.2) is 11.1 Å². The van der Waals surface area contributed by atoms with Gasteiger partial charge in [-0.05, 0) is 23.6 Å². The summed E-state index contributed by atoms with van der Waals surface area (Å²) in [6.07, 6.45) is 0. The van der Waals surface area contributed by atoms with Crippen LogP contribution >= 0.6 is 0 Å². The molecule has 16 heavy (non-hydrogen) atoms. The standard InChI is InChI=1S/C12H11FN2O/c13-9-3-1-7-2-4-10(16)15-6-8(5-14)11(9)12(7)15/h1-4,8H,5-6,14H2/t8-/m1/s1. The lowest BCUT2D eigenvalue weighted by atomic mass is 9.99. The zero-order chi connectivity index (χ0) is 11.3. The van der Waals surface area contributed by atoms with Crippen molar-refractivity contribution in [1.82, 2.24) is 4.57 Å². The van der Waals surface area contributed by atoms with E-state index in [4.69, 9.17) is 5.73 Å². The average molecular weight is 218 g/mol. The maximum Gasteiger partial charge on any atom is 0.251 e. The molecule has 3 rings (SSSR count). The highest BCUT2D eigenvalue weighted by atomic mass is 19.1. The molecule has 1 atom stereocenters. The van der Waals surface area contributed by atoms with Crippen molar-refractivity contribution >= 4 is 10.9 Å². The molecule has 0 radical (unpaired) electrons. The Bertz CT molecular complexity index is 633. The fourth-order valence-electron chi connectivity index (χ4n) is 2.47. The van der Waals surface area contributed by atoms with Crippen LogP contribution in [0.2, 0.25) is 0 Å². The molecule has 4 heteroatoms. The molecule has 1 aromatic heterocycles. The first-order chi connectivity index (χ1) is 7.72. The summed E-state index contributed by atoms with van der Waals surface area (Å²) in [5, 5.41) is 0.895. The van der Waals surface area contributed by atoms with E-state index in [-0.39, 0.29) is 17.3 Å². The van der Waals surface area contributed by atoms with E-state index in [0.717, 1.165) is 5.39 Å². The Hall–Kier alpha value is -1.68. The second kappa shape index (κ2) is 3.15. The van der Waals surface area contributed by atoms with Gasteiger partial charge in [0, 0.05) is 30.6 Å². The lowest BCUT2D eigenvalue weighted by Gasteiger charge is -2.07. The van der Waals surface area contributed by atoms with E-state index in [9.17, 15) is 9.18 Å². The highest BCUT2D eigenvalue weighted by Crippen LogP contribution is 2.33. The van der Waals surface area contributed by atoms with E-state index in [1.54, 1.807) is 16.7 Å². The molecule has 0 fully saturated rings. The Morgan fingerprint density at radius 1 is 1.38 bits per heavy atom. The van der Waals surface area contributed by atoms with E-state index < -0.39 is 0 Å². The minimum absolute atomic E-state index is 0.0844. The van der Waals surface area contributed by atoms with Crippen LogP contribution in [0.15, 0.2) is 29.1 Å². The van der Waals surface area contributed by atoms with Crippen LogP contribution in [-0.2, 0) is 6.54 Å². The van der Waals surface area contributed by atoms with Gasteiger partial charge in [-0.15, -0.1) is 0 Å². The van der Waals surface area contributed by atoms with Gasteiger partial charge in [0.1, 0.15) is 5.82 Å². The smallest absolute Gasteiger partial charge is 0.251 e. The highest BCUT2D eigenvalue weighted by molar-refractivity contribution is 5.84. The van der Waals surface area contributed by atoms with Gasteiger partial charge in [-0.1, -0.05) is 0 Å². The molecule has 0 saturated heterocycles. The van der Waals surface area contributed by atoms with Gasteiger partial charge in [-0.2, -0.15) is 0 Å². The minimum Gasteiger partial charge on any atom is -0.330 e. The molecular formula is C12H11FN2O. The molecular weight excluding hydrogens is 207 g/mol. The molecule has 1 aliphatic rings. The molecule has 0 saturated carbocycles. The number of nitrogens with zero attached hydrogens (tertiary/aromatic N) is 1. The van der Waals surface area contributed by atoms with Crippen molar-refractivity contribution in [3.05, 3.63) is 46.0 Å². The normalized spacial score (nSPS) is 18.2. The zero-order valence-electron chi connectivity index (χ0n) is 8.61. The van der Waals surface area contributed by atoms with Gasteiger partial charge in [0.25, 0.3) is 5.56 Å². The Morgan fingerprint density at radius 3 is 2.88 bits per heavy atom. The van der Waals surface area contributed by atoms with Crippen LogP contribution in [0.1, 0.15) is 11.5 Å². The molecule has 0 bridgehead atoms. The first kappa shape index (κ1) is 9.54. The Labute approximate surface area is 91.3 Å². The maximum absolute atomic E-state index is 13.8. The largest absolute Gasteiger partial charge is 0.330 e. The Morgan fingerprint density at radius 2 is 2.12 bits per heavy atom. The van der Waals surface area contributed by atoms with Crippen molar-refractivity contribution in [2.75, 3.05) is 6.54 Å². The molecule has 0 unspecified atom stereocenters. The van der Waals surface area contributed by atoms with E-state index in [0.29, 0.717) is 24.2 Å². The molecule has 0 amide bonds. The molecule has 3 nitrogen and oxygen atoms in total. The number of pyridine rings is 1. The summed E-state index contributed by atoms with van der Waals surface area (Å²) in [6, 6.07) is 6.39. The first-order valence-electron chi connectivity index (χ1n) is 5.24. The lowest BCUT2D eigenvalue weighted by Crippen LogP contribution is -2.19. The van der Waals surface area contributed by atoms with Crippen LogP contribution < -0.4 is 11.3 Å². The van der Waals surface area contributed by atoms with E-state index in [2.05, 4.69) is 0 Å². The second-order valence-electron chi connectivity index (χ2n) is 4.11.